The lowest BCUT2D eigenvalue weighted by atomic mass is 10.4. The summed E-state index contributed by atoms with van der Waals surface area (Å²) in [6, 6.07) is 6.24. The highest BCUT2D eigenvalue weighted by Gasteiger charge is 2.16. The molecule has 2 N–H and O–H groups in total. The second kappa shape index (κ2) is 5.42. The Hall–Kier alpha value is -1.51. The molecular weight excluding hydrogens is 278 g/mol. The highest BCUT2D eigenvalue weighted by atomic mass is 35.5. The number of sulfonamides is 1. The van der Waals surface area contributed by atoms with Gasteiger partial charge < -0.3 is 0 Å². The van der Waals surface area contributed by atoms with Gasteiger partial charge in [0.25, 0.3) is 0 Å². The molecule has 0 aliphatic heterocycles. The summed E-state index contributed by atoms with van der Waals surface area (Å²) in [5.74, 6) is 0.442. The quantitative estimate of drug-likeness (QED) is 0.828. The molecule has 2 aromatic rings. The Kier molecular flexibility index (Phi) is 3.90. The zero-order valence-corrected chi connectivity index (χ0v) is 10.7. The third-order valence-electron chi connectivity index (χ3n) is 2.16. The lowest BCUT2D eigenvalue weighted by Gasteiger charge is -2.06. The normalized spacial score (nSPS) is 11.6. The molecule has 96 valence electrons. The van der Waals surface area contributed by atoms with E-state index in [0.717, 1.165) is 0 Å². The topological polar surface area (TPSA) is 101 Å². The minimum atomic E-state index is -3.61. The third-order valence-corrected chi connectivity index (χ3v) is 4.12. The Bertz CT molecular complexity index is 614. The van der Waals surface area contributed by atoms with Crippen LogP contribution in [0.3, 0.4) is 0 Å². The number of H-pyrrole nitrogens is 1. The van der Waals surface area contributed by atoms with Gasteiger partial charge in [-0.05, 0) is 12.1 Å². The molecule has 2 rings (SSSR count). The van der Waals surface area contributed by atoms with E-state index in [1.807, 2.05) is 0 Å². The monoisotopic (exact) mass is 287 g/mol. The van der Waals surface area contributed by atoms with Crippen LogP contribution in [0.2, 0.25) is 5.02 Å². The minimum absolute atomic E-state index is 0.0554. The van der Waals surface area contributed by atoms with Crippen molar-refractivity contribution in [2.45, 2.75) is 11.3 Å². The molecular formula is C9H10ClN5O2S. The van der Waals surface area contributed by atoms with Crippen LogP contribution in [-0.2, 0) is 16.4 Å². The smallest absolute Gasteiger partial charge is 0.211 e. The molecule has 9 heteroatoms. The Morgan fingerprint density at radius 3 is 2.78 bits per heavy atom. The minimum Gasteiger partial charge on any atom is -0.211 e. The molecule has 18 heavy (non-hydrogen) atoms. The van der Waals surface area contributed by atoms with E-state index in [2.05, 4.69) is 25.3 Å². The van der Waals surface area contributed by atoms with E-state index in [0.29, 0.717) is 12.2 Å². The maximum absolute atomic E-state index is 11.9. The Morgan fingerprint density at radius 1 is 1.33 bits per heavy atom. The van der Waals surface area contributed by atoms with Crippen molar-refractivity contribution in [3.8, 4) is 0 Å². The Morgan fingerprint density at radius 2 is 2.11 bits per heavy atom. The van der Waals surface area contributed by atoms with Gasteiger partial charge in [-0.1, -0.05) is 28.9 Å². The molecule has 0 saturated heterocycles. The Labute approximate surface area is 109 Å². The van der Waals surface area contributed by atoms with Gasteiger partial charge in [-0.3, -0.25) is 0 Å². The van der Waals surface area contributed by atoms with Crippen molar-refractivity contribution >= 4 is 21.6 Å². The zero-order valence-electron chi connectivity index (χ0n) is 9.17. The van der Waals surface area contributed by atoms with Crippen molar-refractivity contribution in [2.75, 3.05) is 6.54 Å². The summed E-state index contributed by atoms with van der Waals surface area (Å²) < 4.78 is 26.3. The first-order chi connectivity index (χ1) is 8.59. The average molecular weight is 288 g/mol. The van der Waals surface area contributed by atoms with Crippen LogP contribution in [0.4, 0.5) is 0 Å². The summed E-state index contributed by atoms with van der Waals surface area (Å²) in [5.41, 5.74) is 0. The zero-order chi connectivity index (χ0) is 13.0. The van der Waals surface area contributed by atoms with Gasteiger partial charge in [0.1, 0.15) is 4.90 Å². The molecule has 0 aliphatic carbocycles. The molecule has 0 unspecified atom stereocenters. The fourth-order valence-corrected chi connectivity index (χ4v) is 2.88. The van der Waals surface area contributed by atoms with Crippen molar-refractivity contribution in [1.82, 2.24) is 25.3 Å². The summed E-state index contributed by atoms with van der Waals surface area (Å²) >= 11 is 5.83. The highest BCUT2D eigenvalue weighted by molar-refractivity contribution is 7.89. The number of hydrogen-bond acceptors (Lipinski definition) is 5. The molecule has 0 bridgehead atoms. The first-order valence-electron chi connectivity index (χ1n) is 5.06. The van der Waals surface area contributed by atoms with E-state index in [-0.39, 0.29) is 16.5 Å². The lowest BCUT2D eigenvalue weighted by molar-refractivity contribution is 0.581. The molecule has 1 aromatic heterocycles. The third kappa shape index (κ3) is 3.03. The fourth-order valence-electron chi connectivity index (χ4n) is 1.33. The lowest BCUT2D eigenvalue weighted by Crippen LogP contribution is -2.26. The summed E-state index contributed by atoms with van der Waals surface area (Å²) in [5, 5.41) is 13.3. The van der Waals surface area contributed by atoms with Gasteiger partial charge in [-0.15, -0.1) is 10.2 Å². The number of hydrogen-bond donors (Lipinski definition) is 2. The molecule has 1 heterocycles. The van der Waals surface area contributed by atoms with Gasteiger partial charge in [0, 0.05) is 13.0 Å². The number of tetrazole rings is 1. The van der Waals surface area contributed by atoms with Gasteiger partial charge in [0.05, 0.1) is 5.02 Å². The number of nitrogens with one attached hydrogen (secondary N) is 2. The van der Waals surface area contributed by atoms with Crippen molar-refractivity contribution in [3.63, 3.8) is 0 Å². The molecule has 0 aliphatic rings. The van der Waals surface area contributed by atoms with Gasteiger partial charge in [0.2, 0.25) is 10.0 Å². The number of halogens is 1. The molecule has 0 atom stereocenters. The number of benzene rings is 1. The molecule has 0 amide bonds. The van der Waals surface area contributed by atoms with Crippen LogP contribution in [0.5, 0.6) is 0 Å². The fraction of sp³-hybridized carbons (Fsp3) is 0.222. The van der Waals surface area contributed by atoms with Crippen molar-refractivity contribution < 1.29 is 8.42 Å². The predicted molar refractivity (Wildman–Crippen MR) is 64.5 cm³/mol. The summed E-state index contributed by atoms with van der Waals surface area (Å²) in [6.45, 7) is 0.174. The van der Waals surface area contributed by atoms with Gasteiger partial charge in [0.15, 0.2) is 5.82 Å². The first kappa shape index (κ1) is 12.9. The largest absolute Gasteiger partial charge is 0.242 e. The van der Waals surface area contributed by atoms with Crippen LogP contribution < -0.4 is 4.72 Å². The molecule has 0 radical (unpaired) electrons. The van der Waals surface area contributed by atoms with Gasteiger partial charge in [-0.2, -0.15) is 5.21 Å². The van der Waals surface area contributed by atoms with Gasteiger partial charge >= 0.3 is 0 Å². The van der Waals surface area contributed by atoms with E-state index in [4.69, 9.17) is 11.6 Å². The maximum atomic E-state index is 11.9. The van der Waals surface area contributed by atoms with E-state index in [9.17, 15) is 8.42 Å². The maximum Gasteiger partial charge on any atom is 0.242 e. The van der Waals surface area contributed by atoms with E-state index < -0.39 is 10.0 Å². The van der Waals surface area contributed by atoms with Crippen LogP contribution in [0, 0.1) is 0 Å². The molecule has 1 aromatic carbocycles. The summed E-state index contributed by atoms with van der Waals surface area (Å²) in [4.78, 5) is 0.0554. The summed E-state index contributed by atoms with van der Waals surface area (Å²) in [6.07, 6.45) is 0.347. The number of nitrogens with zero attached hydrogens (tertiary/aromatic N) is 3. The molecule has 0 saturated carbocycles. The molecule has 0 fully saturated rings. The first-order valence-corrected chi connectivity index (χ1v) is 6.92. The average Bonchev–Trinajstić information content (AvgIpc) is 2.82. The van der Waals surface area contributed by atoms with E-state index in [1.165, 1.54) is 12.1 Å². The number of aromatic amines is 1. The molecule has 0 spiro atoms. The van der Waals surface area contributed by atoms with Crippen molar-refractivity contribution in [3.05, 3.63) is 35.1 Å². The van der Waals surface area contributed by atoms with Crippen molar-refractivity contribution in [1.29, 1.82) is 0 Å². The SMILES string of the molecule is O=S(=O)(NCCc1nn[nH]n1)c1ccccc1Cl. The highest BCUT2D eigenvalue weighted by Crippen LogP contribution is 2.19. The number of rotatable bonds is 5. The Balaban J connectivity index is 2.02. The van der Waals surface area contributed by atoms with Crippen molar-refractivity contribution in [2.24, 2.45) is 0 Å². The second-order valence-corrected chi connectivity index (χ2v) is 5.55. The van der Waals surface area contributed by atoms with Crippen LogP contribution in [-0.4, -0.2) is 35.6 Å². The van der Waals surface area contributed by atoms with E-state index in [1.54, 1.807) is 12.1 Å². The van der Waals surface area contributed by atoms with Crippen LogP contribution in [0.25, 0.3) is 0 Å². The van der Waals surface area contributed by atoms with Crippen LogP contribution >= 0.6 is 11.6 Å². The second-order valence-electron chi connectivity index (χ2n) is 3.41. The standard InChI is InChI=1S/C9H10ClN5O2S/c10-7-3-1-2-4-8(7)18(16,17)11-6-5-9-12-14-15-13-9/h1-4,11H,5-6H2,(H,12,13,14,15). The van der Waals surface area contributed by atoms with Crippen LogP contribution in [0.15, 0.2) is 29.2 Å². The van der Waals surface area contributed by atoms with E-state index >= 15 is 0 Å². The predicted octanol–water partition coefficient (Wildman–Crippen LogP) is 0.374. The summed E-state index contributed by atoms with van der Waals surface area (Å²) in [7, 11) is -3.61. The van der Waals surface area contributed by atoms with Gasteiger partial charge in [-0.25, -0.2) is 13.1 Å². The number of aromatic nitrogens is 4. The van der Waals surface area contributed by atoms with Crippen LogP contribution in [0.1, 0.15) is 5.82 Å². The molecule has 7 nitrogen and oxygen atoms in total.